The molecule has 0 saturated heterocycles. The number of amides is 1. The van der Waals surface area contributed by atoms with Crippen LogP contribution < -0.4 is 4.90 Å². The Balaban J connectivity index is 1.62. The fourth-order valence-electron chi connectivity index (χ4n) is 3.19. The third-order valence-electron chi connectivity index (χ3n) is 4.75. The molecule has 25 heavy (non-hydrogen) atoms. The molecular weight excluding hydrogens is 314 g/mol. The van der Waals surface area contributed by atoms with E-state index in [1.54, 1.807) is 12.1 Å². The zero-order valence-corrected chi connectivity index (χ0v) is 13.7. The van der Waals surface area contributed by atoms with Crippen molar-refractivity contribution >= 4 is 22.6 Å². The van der Waals surface area contributed by atoms with E-state index in [1.807, 2.05) is 41.3 Å². The fraction of sp³-hybridized carbons (Fsp3) is 0.250. The second-order valence-corrected chi connectivity index (χ2v) is 6.31. The molecule has 0 atom stereocenters. The SMILES string of the molecule is N#Cc1ccc(N(C(=O)Cc2noc3ccccc23)C2CCC2)cc1. The predicted octanol–water partition coefficient (Wildman–Crippen LogP) is 3.83. The minimum Gasteiger partial charge on any atom is -0.356 e. The van der Waals surface area contributed by atoms with Crippen LogP contribution in [0.25, 0.3) is 11.0 Å². The van der Waals surface area contributed by atoms with Gasteiger partial charge in [-0.15, -0.1) is 0 Å². The average Bonchev–Trinajstić information content (AvgIpc) is 3.01. The van der Waals surface area contributed by atoms with Gasteiger partial charge in [0, 0.05) is 17.1 Å². The van der Waals surface area contributed by atoms with Crippen molar-refractivity contribution in [3.63, 3.8) is 0 Å². The number of nitrogens with zero attached hydrogens (tertiary/aromatic N) is 3. The highest BCUT2D eigenvalue weighted by Gasteiger charge is 2.30. The van der Waals surface area contributed by atoms with Crippen LogP contribution in [-0.4, -0.2) is 17.1 Å². The summed E-state index contributed by atoms with van der Waals surface area (Å²) in [5, 5.41) is 13.9. The van der Waals surface area contributed by atoms with Crippen molar-refractivity contribution in [2.24, 2.45) is 0 Å². The number of hydrogen-bond donors (Lipinski definition) is 0. The molecule has 0 spiro atoms. The topological polar surface area (TPSA) is 70.1 Å². The maximum atomic E-state index is 13.0. The minimum absolute atomic E-state index is 0.00783. The molecule has 5 heteroatoms. The quantitative estimate of drug-likeness (QED) is 0.728. The Labute approximate surface area is 145 Å². The van der Waals surface area contributed by atoms with Gasteiger partial charge in [-0.25, -0.2) is 0 Å². The molecular formula is C20H17N3O2. The lowest BCUT2D eigenvalue weighted by molar-refractivity contribution is -0.118. The predicted molar refractivity (Wildman–Crippen MR) is 94.0 cm³/mol. The summed E-state index contributed by atoms with van der Waals surface area (Å²) in [4.78, 5) is 14.9. The van der Waals surface area contributed by atoms with Gasteiger partial charge >= 0.3 is 0 Å². The second kappa shape index (κ2) is 6.40. The fourth-order valence-corrected chi connectivity index (χ4v) is 3.19. The average molecular weight is 331 g/mol. The van der Waals surface area contributed by atoms with Gasteiger partial charge in [-0.1, -0.05) is 17.3 Å². The molecule has 1 heterocycles. The molecule has 1 fully saturated rings. The molecule has 1 saturated carbocycles. The van der Waals surface area contributed by atoms with E-state index in [1.165, 1.54) is 0 Å². The Morgan fingerprint density at radius 1 is 1.20 bits per heavy atom. The van der Waals surface area contributed by atoms with E-state index in [2.05, 4.69) is 11.2 Å². The Morgan fingerprint density at radius 3 is 2.64 bits per heavy atom. The molecule has 2 aromatic carbocycles. The lowest BCUT2D eigenvalue weighted by Gasteiger charge is -2.37. The molecule has 0 N–H and O–H groups in total. The first kappa shape index (κ1) is 15.4. The summed E-state index contributed by atoms with van der Waals surface area (Å²) in [5.41, 5.74) is 2.78. The molecule has 0 unspecified atom stereocenters. The van der Waals surface area contributed by atoms with Crippen LogP contribution in [0.2, 0.25) is 0 Å². The summed E-state index contributed by atoms with van der Waals surface area (Å²) in [5.74, 6) is 0.00783. The van der Waals surface area contributed by atoms with E-state index in [4.69, 9.17) is 9.78 Å². The smallest absolute Gasteiger partial charge is 0.233 e. The maximum Gasteiger partial charge on any atom is 0.233 e. The lowest BCUT2D eigenvalue weighted by atomic mass is 9.90. The number of aromatic nitrogens is 1. The summed E-state index contributed by atoms with van der Waals surface area (Å²) in [6.07, 6.45) is 3.35. The van der Waals surface area contributed by atoms with Crippen LogP contribution in [0.1, 0.15) is 30.5 Å². The van der Waals surface area contributed by atoms with Crippen molar-refractivity contribution < 1.29 is 9.32 Å². The zero-order chi connectivity index (χ0) is 17.2. The van der Waals surface area contributed by atoms with E-state index in [0.29, 0.717) is 16.8 Å². The first-order chi connectivity index (χ1) is 12.3. The normalized spacial score (nSPS) is 14.0. The largest absolute Gasteiger partial charge is 0.356 e. The van der Waals surface area contributed by atoms with Crippen molar-refractivity contribution in [3.05, 3.63) is 59.8 Å². The summed E-state index contributed by atoms with van der Waals surface area (Å²) in [6, 6.07) is 17.1. The standard InChI is InChI=1S/C20H17N3O2/c21-13-14-8-10-16(11-9-14)23(15-4-3-5-15)20(24)12-18-17-6-1-2-7-19(17)25-22-18/h1-2,6-11,15H,3-5,12H2. The zero-order valence-electron chi connectivity index (χ0n) is 13.7. The summed E-state index contributed by atoms with van der Waals surface area (Å²) >= 11 is 0. The summed E-state index contributed by atoms with van der Waals surface area (Å²) in [6.45, 7) is 0. The number of rotatable bonds is 4. The molecule has 124 valence electrons. The molecule has 4 rings (SSSR count). The van der Waals surface area contributed by atoms with Crippen LogP contribution in [0, 0.1) is 11.3 Å². The van der Waals surface area contributed by atoms with Crippen LogP contribution in [-0.2, 0) is 11.2 Å². The van der Waals surface area contributed by atoms with E-state index in [9.17, 15) is 4.79 Å². The molecule has 1 aliphatic rings. The van der Waals surface area contributed by atoms with Gasteiger partial charge < -0.3 is 9.42 Å². The number of carbonyl (C=O) groups is 1. The van der Waals surface area contributed by atoms with Crippen LogP contribution in [0.15, 0.2) is 53.1 Å². The van der Waals surface area contributed by atoms with Gasteiger partial charge in [0.05, 0.1) is 18.1 Å². The first-order valence-corrected chi connectivity index (χ1v) is 8.42. The Morgan fingerprint density at radius 2 is 1.96 bits per heavy atom. The van der Waals surface area contributed by atoms with Gasteiger partial charge in [0.1, 0.15) is 5.69 Å². The number of fused-ring (bicyclic) bond motifs is 1. The number of nitriles is 1. The third-order valence-corrected chi connectivity index (χ3v) is 4.75. The van der Waals surface area contributed by atoms with Crippen molar-refractivity contribution in [3.8, 4) is 6.07 Å². The number of hydrogen-bond acceptors (Lipinski definition) is 4. The Hall–Kier alpha value is -3.13. The maximum absolute atomic E-state index is 13.0. The molecule has 1 amide bonds. The molecule has 0 bridgehead atoms. The highest BCUT2D eigenvalue weighted by atomic mass is 16.5. The van der Waals surface area contributed by atoms with E-state index in [-0.39, 0.29) is 18.4 Å². The molecule has 1 aliphatic carbocycles. The second-order valence-electron chi connectivity index (χ2n) is 6.31. The molecule has 5 nitrogen and oxygen atoms in total. The summed E-state index contributed by atoms with van der Waals surface area (Å²) < 4.78 is 5.31. The number of carbonyl (C=O) groups excluding carboxylic acids is 1. The van der Waals surface area contributed by atoms with Crippen molar-refractivity contribution in [1.82, 2.24) is 5.16 Å². The van der Waals surface area contributed by atoms with Crippen LogP contribution in [0.3, 0.4) is 0 Å². The van der Waals surface area contributed by atoms with Gasteiger partial charge in [-0.05, 0) is 55.7 Å². The minimum atomic E-state index is 0.00783. The molecule has 0 aliphatic heterocycles. The highest BCUT2D eigenvalue weighted by Crippen LogP contribution is 2.31. The lowest BCUT2D eigenvalue weighted by Crippen LogP contribution is -2.45. The number of anilines is 1. The molecule has 3 aromatic rings. The number of para-hydroxylation sites is 1. The third kappa shape index (κ3) is 2.87. The van der Waals surface area contributed by atoms with Gasteiger partial charge in [0.2, 0.25) is 5.91 Å². The number of benzene rings is 2. The van der Waals surface area contributed by atoms with Crippen LogP contribution >= 0.6 is 0 Å². The van der Waals surface area contributed by atoms with Gasteiger partial charge in [0.25, 0.3) is 0 Å². The van der Waals surface area contributed by atoms with E-state index in [0.717, 1.165) is 30.3 Å². The van der Waals surface area contributed by atoms with Crippen molar-refractivity contribution in [2.75, 3.05) is 4.90 Å². The Kier molecular flexibility index (Phi) is 3.95. The van der Waals surface area contributed by atoms with Gasteiger partial charge in [0.15, 0.2) is 5.58 Å². The highest BCUT2D eigenvalue weighted by molar-refractivity contribution is 5.97. The monoisotopic (exact) mass is 331 g/mol. The van der Waals surface area contributed by atoms with Crippen molar-refractivity contribution in [1.29, 1.82) is 5.26 Å². The van der Waals surface area contributed by atoms with Gasteiger partial charge in [-0.3, -0.25) is 4.79 Å². The Bertz CT molecular complexity index is 949. The molecule has 1 aromatic heterocycles. The van der Waals surface area contributed by atoms with Crippen LogP contribution in [0.5, 0.6) is 0 Å². The first-order valence-electron chi connectivity index (χ1n) is 8.42. The van der Waals surface area contributed by atoms with Crippen molar-refractivity contribution in [2.45, 2.75) is 31.7 Å². The van der Waals surface area contributed by atoms with Crippen LogP contribution in [0.4, 0.5) is 5.69 Å². The van der Waals surface area contributed by atoms with E-state index < -0.39 is 0 Å². The molecule has 0 radical (unpaired) electrons. The van der Waals surface area contributed by atoms with E-state index >= 15 is 0 Å². The summed E-state index contributed by atoms with van der Waals surface area (Å²) in [7, 11) is 0. The van der Waals surface area contributed by atoms with Gasteiger partial charge in [-0.2, -0.15) is 5.26 Å².